The monoisotopic (exact) mass is 660 g/mol. The van der Waals surface area contributed by atoms with Crippen molar-refractivity contribution < 1.29 is 0 Å². The lowest BCUT2D eigenvalue weighted by atomic mass is 9.82. The largest absolute Gasteiger partial charge is 0.382 e. The zero-order valence-electron chi connectivity index (χ0n) is 28.8. The Morgan fingerprint density at radius 1 is 0.647 bits per heavy atom. The molecule has 51 heavy (non-hydrogen) atoms. The normalized spacial score (nSPS) is 21.1. The van der Waals surface area contributed by atoms with E-state index in [1.807, 2.05) is 0 Å². The van der Waals surface area contributed by atoms with Crippen LogP contribution in [0.15, 0.2) is 163 Å². The fourth-order valence-electron chi connectivity index (χ4n) is 7.82. The number of nitrogens with one attached hydrogen (secondary N) is 1. The molecule has 1 N–H and O–H groups in total. The van der Waals surface area contributed by atoms with E-state index in [0.717, 1.165) is 42.4 Å². The molecule has 0 radical (unpaired) electrons. The third-order valence-electron chi connectivity index (χ3n) is 10.6. The van der Waals surface area contributed by atoms with Gasteiger partial charge in [-0.3, -0.25) is 0 Å². The van der Waals surface area contributed by atoms with E-state index < -0.39 is 0 Å². The molecule has 248 valence electrons. The minimum Gasteiger partial charge on any atom is -0.382 e. The first-order chi connectivity index (χ1) is 25.1. The molecular formula is C47H40N4. The highest BCUT2D eigenvalue weighted by Gasteiger charge is 2.24. The summed E-state index contributed by atoms with van der Waals surface area (Å²) in [7, 11) is 0. The Morgan fingerprint density at radius 2 is 1.41 bits per heavy atom. The van der Waals surface area contributed by atoms with E-state index in [1.165, 1.54) is 44.3 Å². The second kappa shape index (κ2) is 13.4. The van der Waals surface area contributed by atoms with E-state index in [1.54, 1.807) is 0 Å². The molecule has 0 spiro atoms. The van der Waals surface area contributed by atoms with Gasteiger partial charge in [0, 0.05) is 34.2 Å². The molecule has 1 aliphatic heterocycles. The van der Waals surface area contributed by atoms with Crippen LogP contribution in [0, 0.1) is 5.92 Å². The molecule has 4 nitrogen and oxygen atoms in total. The van der Waals surface area contributed by atoms with E-state index in [2.05, 4.69) is 164 Å². The molecule has 4 aliphatic rings. The Morgan fingerprint density at radius 3 is 2.25 bits per heavy atom. The van der Waals surface area contributed by atoms with Crippen molar-refractivity contribution in [2.45, 2.75) is 44.6 Å². The van der Waals surface area contributed by atoms with Crippen LogP contribution in [-0.4, -0.2) is 15.0 Å². The zero-order chi connectivity index (χ0) is 34.1. The maximum atomic E-state index is 5.24. The van der Waals surface area contributed by atoms with Crippen molar-refractivity contribution in [3.63, 3.8) is 0 Å². The molecule has 4 aromatic carbocycles. The van der Waals surface area contributed by atoms with Crippen molar-refractivity contribution in [3.05, 3.63) is 191 Å². The number of benzene rings is 4. The van der Waals surface area contributed by atoms with Crippen LogP contribution in [0.25, 0.3) is 38.9 Å². The highest BCUT2D eigenvalue weighted by atomic mass is 15.0. The van der Waals surface area contributed by atoms with Gasteiger partial charge in [0.1, 0.15) is 0 Å². The zero-order valence-corrected chi connectivity index (χ0v) is 28.8. The summed E-state index contributed by atoms with van der Waals surface area (Å²) in [6, 6.07) is 35.3. The van der Waals surface area contributed by atoms with Gasteiger partial charge < -0.3 is 5.32 Å². The van der Waals surface area contributed by atoms with Gasteiger partial charge in [-0.1, -0.05) is 134 Å². The standard InChI is InChI=1S/C47H40N4/c1-31-10-9-17-44(48-31)36-22-18-35(19-23-36)42-28-41(32-11-3-2-4-12-32)29-43(30-42)47-50-45(39-24-20-33-13-5-7-15-37(33)26-39)49-46(51-47)40-25-21-34-14-6-8-16-38(34)27-40/h2-8,10-16,18-20,22-27,29-30,34,41,44,48H,9,17,21,28H2,1H3. The second-order valence-corrected chi connectivity index (χ2v) is 14.1. The topological polar surface area (TPSA) is 50.7 Å². The van der Waals surface area contributed by atoms with Crippen molar-refractivity contribution in [2.75, 3.05) is 0 Å². The summed E-state index contributed by atoms with van der Waals surface area (Å²) in [6.45, 7) is 2.16. The quantitative estimate of drug-likeness (QED) is 0.197. The van der Waals surface area contributed by atoms with Crippen molar-refractivity contribution in [2.24, 2.45) is 5.92 Å². The van der Waals surface area contributed by atoms with Gasteiger partial charge in [-0.25, -0.2) is 15.0 Å². The molecule has 3 unspecified atom stereocenters. The minimum atomic E-state index is 0.189. The summed E-state index contributed by atoms with van der Waals surface area (Å²) in [5, 5.41) is 6.03. The number of hydrogen-bond donors (Lipinski definition) is 1. The second-order valence-electron chi connectivity index (χ2n) is 14.1. The first-order valence-electron chi connectivity index (χ1n) is 18.2. The molecule has 0 saturated carbocycles. The van der Waals surface area contributed by atoms with Crippen LogP contribution < -0.4 is 5.32 Å². The Balaban J connectivity index is 1.16. The minimum absolute atomic E-state index is 0.189. The summed E-state index contributed by atoms with van der Waals surface area (Å²) in [6.07, 6.45) is 24.3. The highest BCUT2D eigenvalue weighted by molar-refractivity contribution is 5.88. The van der Waals surface area contributed by atoms with Gasteiger partial charge in [-0.15, -0.1) is 0 Å². The summed E-state index contributed by atoms with van der Waals surface area (Å²) in [5.74, 6) is 2.69. The van der Waals surface area contributed by atoms with E-state index in [9.17, 15) is 0 Å². The van der Waals surface area contributed by atoms with Gasteiger partial charge in [0.15, 0.2) is 17.5 Å². The lowest BCUT2D eigenvalue weighted by Gasteiger charge is -2.25. The SMILES string of the molecule is CC1=CCCC(c2ccc(C3=CC(c4nc(C5=CCC6C=CC=CC6=C5)nc(-c5ccc6ccccc6c5)n4)=CC(c4ccccc4)C3)cc2)N1. The molecule has 4 heteroatoms. The average Bonchev–Trinajstić information content (AvgIpc) is 3.20. The molecule has 3 atom stereocenters. The van der Waals surface area contributed by atoms with Crippen LogP contribution in [0.2, 0.25) is 0 Å². The highest BCUT2D eigenvalue weighted by Crippen LogP contribution is 2.40. The number of allylic oxidation sites excluding steroid dienone is 14. The van der Waals surface area contributed by atoms with Crippen LogP contribution >= 0.6 is 0 Å². The number of rotatable bonds is 6. The van der Waals surface area contributed by atoms with Crippen LogP contribution in [-0.2, 0) is 0 Å². The first kappa shape index (κ1) is 31.1. The maximum absolute atomic E-state index is 5.24. The van der Waals surface area contributed by atoms with Gasteiger partial charge in [0.2, 0.25) is 0 Å². The number of nitrogens with zero attached hydrogens (tertiary/aromatic N) is 3. The molecule has 0 bridgehead atoms. The van der Waals surface area contributed by atoms with Gasteiger partial charge in [-0.2, -0.15) is 0 Å². The molecule has 1 aromatic heterocycles. The number of fused-ring (bicyclic) bond motifs is 2. The molecular weight excluding hydrogens is 621 g/mol. The molecule has 3 aliphatic carbocycles. The summed E-state index contributed by atoms with van der Waals surface area (Å²) >= 11 is 0. The van der Waals surface area contributed by atoms with Gasteiger partial charge >= 0.3 is 0 Å². The Kier molecular flexibility index (Phi) is 8.21. The molecule has 2 heterocycles. The molecule has 0 saturated heterocycles. The fourth-order valence-corrected chi connectivity index (χ4v) is 7.82. The van der Waals surface area contributed by atoms with E-state index in [0.29, 0.717) is 29.4 Å². The third-order valence-corrected chi connectivity index (χ3v) is 10.6. The van der Waals surface area contributed by atoms with Gasteiger partial charge in [0.25, 0.3) is 0 Å². The summed E-state index contributed by atoms with van der Waals surface area (Å²) in [4.78, 5) is 15.6. The summed E-state index contributed by atoms with van der Waals surface area (Å²) < 4.78 is 0. The van der Waals surface area contributed by atoms with Gasteiger partial charge in [0.05, 0.1) is 6.04 Å². The molecule has 5 aromatic rings. The Labute approximate surface area is 300 Å². The Bertz CT molecular complexity index is 2350. The van der Waals surface area contributed by atoms with Crippen molar-refractivity contribution in [3.8, 4) is 11.4 Å². The van der Waals surface area contributed by atoms with Crippen LogP contribution in [0.5, 0.6) is 0 Å². The molecule has 0 fully saturated rings. The fraction of sp³-hybridized carbons (Fsp3) is 0.170. The van der Waals surface area contributed by atoms with Crippen LogP contribution in [0.4, 0.5) is 0 Å². The van der Waals surface area contributed by atoms with Crippen LogP contribution in [0.3, 0.4) is 0 Å². The maximum Gasteiger partial charge on any atom is 0.164 e. The Hall–Kier alpha value is -5.87. The first-order valence-corrected chi connectivity index (χ1v) is 18.2. The van der Waals surface area contributed by atoms with Gasteiger partial charge in [-0.05, 0) is 89.4 Å². The van der Waals surface area contributed by atoms with E-state index in [-0.39, 0.29) is 5.92 Å². The number of hydrogen-bond acceptors (Lipinski definition) is 4. The van der Waals surface area contributed by atoms with E-state index in [4.69, 9.17) is 15.0 Å². The lowest BCUT2D eigenvalue weighted by molar-refractivity contribution is 0.529. The molecule has 0 amide bonds. The van der Waals surface area contributed by atoms with Crippen molar-refractivity contribution >= 4 is 27.5 Å². The van der Waals surface area contributed by atoms with Crippen molar-refractivity contribution in [1.29, 1.82) is 0 Å². The smallest absolute Gasteiger partial charge is 0.164 e. The third kappa shape index (κ3) is 6.46. The average molecular weight is 661 g/mol. The predicted octanol–water partition coefficient (Wildman–Crippen LogP) is 11.1. The number of aromatic nitrogens is 3. The lowest BCUT2D eigenvalue weighted by Crippen LogP contribution is -2.22. The molecule has 9 rings (SSSR count). The van der Waals surface area contributed by atoms with Crippen LogP contribution in [0.1, 0.15) is 72.9 Å². The summed E-state index contributed by atoms with van der Waals surface area (Å²) in [5.41, 5.74) is 10.8. The predicted molar refractivity (Wildman–Crippen MR) is 210 cm³/mol. The van der Waals surface area contributed by atoms with Crippen molar-refractivity contribution in [1.82, 2.24) is 20.3 Å². The van der Waals surface area contributed by atoms with E-state index >= 15 is 0 Å².